The third-order valence-corrected chi connectivity index (χ3v) is 6.10. The van der Waals surface area contributed by atoms with E-state index in [1.54, 1.807) is 31.2 Å². The van der Waals surface area contributed by atoms with Gasteiger partial charge in [0.1, 0.15) is 0 Å². The second kappa shape index (κ2) is 6.13. The molecule has 1 N–H and O–H groups in total. The first-order valence-corrected chi connectivity index (χ1v) is 9.78. The highest BCUT2D eigenvalue weighted by atomic mass is 16.3. The number of amides is 2. The zero-order chi connectivity index (χ0) is 20.2. The summed E-state index contributed by atoms with van der Waals surface area (Å²) in [5, 5.41) is 10.5. The average molecular weight is 383 g/mol. The minimum atomic E-state index is -0.909. The van der Waals surface area contributed by atoms with Crippen molar-refractivity contribution in [3.63, 3.8) is 0 Å². The van der Waals surface area contributed by atoms with Crippen LogP contribution in [0.1, 0.15) is 46.0 Å². The molecule has 29 heavy (non-hydrogen) atoms. The van der Waals surface area contributed by atoms with E-state index in [2.05, 4.69) is 0 Å². The van der Waals surface area contributed by atoms with Crippen LogP contribution in [0, 0.1) is 0 Å². The molecule has 1 aliphatic heterocycles. The lowest BCUT2D eigenvalue weighted by atomic mass is 9.61. The lowest BCUT2D eigenvalue weighted by molar-refractivity contribution is -0.118. The van der Waals surface area contributed by atoms with E-state index in [1.165, 1.54) is 4.90 Å². The summed E-state index contributed by atoms with van der Waals surface area (Å²) in [6, 6.07) is 24.9. The van der Waals surface area contributed by atoms with Gasteiger partial charge in [-0.05, 0) is 35.7 Å². The summed E-state index contributed by atoms with van der Waals surface area (Å²) >= 11 is 0. The van der Waals surface area contributed by atoms with Gasteiger partial charge in [0.25, 0.3) is 11.8 Å². The number of hydrogen-bond donors (Lipinski definition) is 1. The van der Waals surface area contributed by atoms with Crippen molar-refractivity contribution in [1.29, 1.82) is 0 Å². The number of benzene rings is 3. The molecule has 0 aromatic heterocycles. The van der Waals surface area contributed by atoms with Crippen LogP contribution in [-0.2, 0) is 5.54 Å². The lowest BCUT2D eigenvalue weighted by Crippen LogP contribution is -2.63. The molecule has 4 nitrogen and oxygen atoms in total. The Morgan fingerprint density at radius 3 is 1.72 bits per heavy atom. The molecular weight excluding hydrogens is 362 g/mol. The van der Waals surface area contributed by atoms with Gasteiger partial charge in [-0.3, -0.25) is 14.5 Å². The van der Waals surface area contributed by atoms with E-state index in [4.69, 9.17) is 0 Å². The first-order chi connectivity index (χ1) is 13.9. The molecule has 2 aliphatic rings. The normalized spacial score (nSPS) is 25.7. The molecule has 0 unspecified atom stereocenters. The van der Waals surface area contributed by atoms with Crippen LogP contribution in [0.5, 0.6) is 0 Å². The van der Waals surface area contributed by atoms with Crippen molar-refractivity contribution in [2.75, 3.05) is 0 Å². The molecule has 3 aromatic rings. The maximum Gasteiger partial charge on any atom is 0.262 e. The molecule has 0 spiro atoms. The monoisotopic (exact) mass is 383 g/mol. The summed E-state index contributed by atoms with van der Waals surface area (Å²) in [7, 11) is 0. The maximum atomic E-state index is 13.1. The van der Waals surface area contributed by atoms with Gasteiger partial charge >= 0.3 is 0 Å². The average Bonchev–Trinajstić information content (AvgIpc) is 2.98. The molecule has 2 amide bonds. The summed E-state index contributed by atoms with van der Waals surface area (Å²) < 4.78 is 0. The Kier molecular flexibility index (Phi) is 3.77. The van der Waals surface area contributed by atoms with Crippen molar-refractivity contribution in [2.45, 2.75) is 30.9 Å². The fraction of sp³-hybridized carbons (Fsp3) is 0.200. The third kappa shape index (κ3) is 2.64. The van der Waals surface area contributed by atoms with E-state index in [9.17, 15) is 14.7 Å². The molecule has 1 aliphatic carbocycles. The van der Waals surface area contributed by atoms with Gasteiger partial charge in [-0.2, -0.15) is 0 Å². The van der Waals surface area contributed by atoms with Gasteiger partial charge in [0.2, 0.25) is 0 Å². The maximum absolute atomic E-state index is 13.1. The number of rotatable bonds is 3. The topological polar surface area (TPSA) is 57.6 Å². The van der Waals surface area contributed by atoms with Gasteiger partial charge in [-0.25, -0.2) is 0 Å². The van der Waals surface area contributed by atoms with Crippen molar-refractivity contribution < 1.29 is 14.7 Å². The van der Waals surface area contributed by atoms with Gasteiger partial charge in [0.15, 0.2) is 0 Å². The summed E-state index contributed by atoms with van der Waals surface area (Å²) in [5.74, 6) is -0.568. The Bertz CT molecular complexity index is 1070. The predicted molar refractivity (Wildman–Crippen MR) is 110 cm³/mol. The van der Waals surface area contributed by atoms with Crippen molar-refractivity contribution in [2.24, 2.45) is 0 Å². The second-order valence-electron chi connectivity index (χ2n) is 8.32. The highest BCUT2D eigenvalue weighted by Gasteiger charge is 2.60. The number of nitrogens with zero attached hydrogens (tertiary/aromatic N) is 1. The second-order valence-corrected chi connectivity index (χ2v) is 8.32. The first-order valence-electron chi connectivity index (χ1n) is 9.78. The Morgan fingerprint density at radius 2 is 1.21 bits per heavy atom. The molecule has 1 fully saturated rings. The minimum Gasteiger partial charge on any atom is -0.390 e. The Balaban J connectivity index is 1.57. The van der Waals surface area contributed by atoms with Crippen LogP contribution in [0.15, 0.2) is 78.9 Å². The summed E-state index contributed by atoms with van der Waals surface area (Å²) in [6.45, 7) is 1.75. The fourth-order valence-corrected chi connectivity index (χ4v) is 4.88. The van der Waals surface area contributed by atoms with Gasteiger partial charge in [0, 0.05) is 12.8 Å². The van der Waals surface area contributed by atoms with E-state index in [1.807, 2.05) is 54.6 Å². The van der Waals surface area contributed by atoms with E-state index >= 15 is 0 Å². The lowest BCUT2D eigenvalue weighted by Gasteiger charge is -2.55. The SMILES string of the molecule is C[C@]1(O)C[C@](c2ccc(-c3ccccc3)cc2)(N2C(=O)c3ccccc3C2=O)C1. The minimum absolute atomic E-state index is 0.284. The quantitative estimate of drug-likeness (QED) is 0.683. The van der Waals surface area contributed by atoms with E-state index in [0.717, 1.165) is 16.7 Å². The van der Waals surface area contributed by atoms with Crippen LogP contribution >= 0.6 is 0 Å². The molecule has 4 heteroatoms. The van der Waals surface area contributed by atoms with Crippen molar-refractivity contribution >= 4 is 11.8 Å². The van der Waals surface area contributed by atoms with Crippen LogP contribution < -0.4 is 0 Å². The van der Waals surface area contributed by atoms with Gasteiger partial charge < -0.3 is 5.11 Å². The van der Waals surface area contributed by atoms with Crippen LogP contribution in [0.25, 0.3) is 11.1 Å². The highest BCUT2D eigenvalue weighted by Crippen LogP contribution is 2.54. The molecule has 0 saturated heterocycles. The standard InChI is InChI=1S/C25H21NO3/c1-24(29)15-25(16-24,26-22(27)20-9-5-6-10-21(20)23(26)28)19-13-11-18(12-14-19)17-7-3-2-4-8-17/h2-14,29H,15-16H2,1H3/t24-,25-. The molecule has 144 valence electrons. The molecular formula is C25H21NO3. The van der Waals surface area contributed by atoms with Crippen LogP contribution in [-0.4, -0.2) is 27.4 Å². The molecule has 1 saturated carbocycles. The number of fused-ring (bicyclic) bond motifs is 1. The number of carbonyl (C=O) groups is 2. The molecule has 0 bridgehead atoms. The molecule has 1 heterocycles. The Hall–Kier alpha value is -3.24. The largest absolute Gasteiger partial charge is 0.390 e. The van der Waals surface area contributed by atoms with Crippen molar-refractivity contribution in [3.05, 3.63) is 95.6 Å². The highest BCUT2D eigenvalue weighted by molar-refractivity contribution is 6.22. The van der Waals surface area contributed by atoms with Gasteiger partial charge in [-0.15, -0.1) is 0 Å². The fourth-order valence-electron chi connectivity index (χ4n) is 4.88. The molecule has 5 rings (SSSR count). The number of imide groups is 1. The van der Waals surface area contributed by atoms with Crippen LogP contribution in [0.3, 0.4) is 0 Å². The summed E-state index contributed by atoms with van der Waals surface area (Å²) in [4.78, 5) is 27.7. The Labute approximate surface area is 169 Å². The van der Waals surface area contributed by atoms with E-state index in [0.29, 0.717) is 24.0 Å². The summed E-state index contributed by atoms with van der Waals surface area (Å²) in [5.41, 5.74) is 2.18. The number of aliphatic hydroxyl groups is 1. The number of hydrogen-bond acceptors (Lipinski definition) is 3. The number of carbonyl (C=O) groups excluding carboxylic acids is 2. The van der Waals surface area contributed by atoms with Crippen molar-refractivity contribution in [3.8, 4) is 11.1 Å². The third-order valence-electron chi connectivity index (χ3n) is 6.10. The first kappa shape index (κ1) is 17.8. The molecule has 0 atom stereocenters. The smallest absolute Gasteiger partial charge is 0.262 e. The van der Waals surface area contributed by atoms with Gasteiger partial charge in [0.05, 0.1) is 22.3 Å². The van der Waals surface area contributed by atoms with E-state index in [-0.39, 0.29) is 11.8 Å². The Morgan fingerprint density at radius 1 is 0.724 bits per heavy atom. The zero-order valence-electron chi connectivity index (χ0n) is 16.1. The van der Waals surface area contributed by atoms with Crippen LogP contribution in [0.4, 0.5) is 0 Å². The summed E-state index contributed by atoms with van der Waals surface area (Å²) in [6.07, 6.45) is 0.659. The zero-order valence-corrected chi connectivity index (χ0v) is 16.1. The van der Waals surface area contributed by atoms with Crippen molar-refractivity contribution in [1.82, 2.24) is 4.90 Å². The van der Waals surface area contributed by atoms with E-state index < -0.39 is 11.1 Å². The predicted octanol–water partition coefficient (Wildman–Crippen LogP) is 4.39. The molecule has 3 aromatic carbocycles. The molecule has 0 radical (unpaired) electrons. The van der Waals surface area contributed by atoms with Crippen LogP contribution in [0.2, 0.25) is 0 Å². The van der Waals surface area contributed by atoms with Gasteiger partial charge in [-0.1, -0.05) is 66.7 Å².